The molecule has 114 valence electrons. The van der Waals surface area contributed by atoms with Gasteiger partial charge in [-0.25, -0.2) is 0 Å². The monoisotopic (exact) mass is 284 g/mol. The van der Waals surface area contributed by atoms with Crippen LogP contribution in [0.25, 0.3) is 0 Å². The van der Waals surface area contributed by atoms with Gasteiger partial charge >= 0.3 is 0 Å². The molecule has 5 unspecified atom stereocenters. The summed E-state index contributed by atoms with van der Waals surface area (Å²) in [6.07, 6.45) is 5.19. The van der Waals surface area contributed by atoms with E-state index in [2.05, 4.69) is 50.4 Å². The van der Waals surface area contributed by atoms with Crippen LogP contribution in [0.5, 0.6) is 0 Å². The van der Waals surface area contributed by atoms with Gasteiger partial charge < -0.3 is 11.1 Å². The maximum absolute atomic E-state index is 6.33. The molecule has 4 rings (SSSR count). The molecular weight excluding hydrogens is 256 g/mol. The smallest absolute Gasteiger partial charge is 0.0344 e. The fourth-order valence-electron chi connectivity index (χ4n) is 5.53. The van der Waals surface area contributed by atoms with Crippen molar-refractivity contribution in [2.75, 3.05) is 0 Å². The summed E-state index contributed by atoms with van der Waals surface area (Å²) in [5.74, 6) is 0.894. The van der Waals surface area contributed by atoms with Crippen LogP contribution in [-0.2, 0) is 0 Å². The van der Waals surface area contributed by atoms with Crippen LogP contribution < -0.4 is 11.1 Å². The third-order valence-electron chi connectivity index (χ3n) is 7.46. The highest BCUT2D eigenvalue weighted by Crippen LogP contribution is 2.65. The Kier molecular flexibility index (Phi) is 2.84. The Morgan fingerprint density at radius 2 is 1.81 bits per heavy atom. The van der Waals surface area contributed by atoms with E-state index in [1.807, 2.05) is 0 Å². The van der Waals surface area contributed by atoms with Crippen molar-refractivity contribution in [1.82, 2.24) is 5.32 Å². The summed E-state index contributed by atoms with van der Waals surface area (Å²) < 4.78 is 0. The number of hydrogen-bond donors (Lipinski definition) is 2. The number of rotatable bonds is 2. The second kappa shape index (κ2) is 4.33. The fourth-order valence-corrected chi connectivity index (χ4v) is 5.53. The molecule has 0 aromatic heterocycles. The lowest BCUT2D eigenvalue weighted by Gasteiger charge is -2.41. The van der Waals surface area contributed by atoms with Crippen LogP contribution in [0.15, 0.2) is 24.3 Å². The standard InChI is InChI=1S/C19H28N2/c1-18(2)12-8-9-19(18,3)17(10-12)21-16-11-15(20)13-6-4-5-7-14(13)16/h4-7,12,15-17,21H,8-11,20H2,1-3H3. The predicted octanol–water partition coefficient (Wildman–Crippen LogP) is 3.94. The molecule has 2 bridgehead atoms. The Bertz CT molecular complexity index is 564. The van der Waals surface area contributed by atoms with Gasteiger partial charge in [-0.3, -0.25) is 0 Å². The molecule has 2 saturated carbocycles. The van der Waals surface area contributed by atoms with Gasteiger partial charge in [-0.15, -0.1) is 0 Å². The van der Waals surface area contributed by atoms with Gasteiger partial charge in [0.2, 0.25) is 0 Å². The molecule has 0 aliphatic heterocycles. The Morgan fingerprint density at radius 3 is 2.43 bits per heavy atom. The van der Waals surface area contributed by atoms with Crippen molar-refractivity contribution in [1.29, 1.82) is 0 Å². The van der Waals surface area contributed by atoms with Gasteiger partial charge in [0.25, 0.3) is 0 Å². The minimum absolute atomic E-state index is 0.207. The molecule has 0 amide bonds. The summed E-state index contributed by atoms with van der Waals surface area (Å²) in [6, 6.07) is 10.0. The number of nitrogens with one attached hydrogen (secondary N) is 1. The third-order valence-corrected chi connectivity index (χ3v) is 7.46. The molecule has 0 saturated heterocycles. The number of nitrogens with two attached hydrogens (primary N) is 1. The summed E-state index contributed by atoms with van der Waals surface area (Å²) in [7, 11) is 0. The quantitative estimate of drug-likeness (QED) is 0.863. The number of benzene rings is 1. The first-order valence-corrected chi connectivity index (χ1v) is 8.54. The minimum Gasteiger partial charge on any atom is -0.324 e. The molecule has 5 atom stereocenters. The van der Waals surface area contributed by atoms with Gasteiger partial charge in [-0.05, 0) is 53.6 Å². The Balaban J connectivity index is 1.59. The molecule has 3 aliphatic carbocycles. The Labute approximate surface area is 128 Å². The summed E-state index contributed by atoms with van der Waals surface area (Å²) in [5, 5.41) is 4.01. The average Bonchev–Trinajstić information content (AvgIpc) is 2.95. The normalized spacial score (nSPS) is 43.2. The molecule has 1 aromatic carbocycles. The van der Waals surface area contributed by atoms with E-state index in [4.69, 9.17) is 5.73 Å². The zero-order valence-corrected chi connectivity index (χ0v) is 13.5. The van der Waals surface area contributed by atoms with E-state index in [1.54, 1.807) is 0 Å². The second-order valence-electron chi connectivity index (χ2n) is 8.35. The van der Waals surface area contributed by atoms with Gasteiger partial charge in [-0.2, -0.15) is 0 Å². The SMILES string of the molecule is CC1(C)C2CCC1(C)C(NC1CC(N)c3ccccc31)C2. The van der Waals surface area contributed by atoms with Crippen molar-refractivity contribution >= 4 is 0 Å². The van der Waals surface area contributed by atoms with Crippen LogP contribution >= 0.6 is 0 Å². The summed E-state index contributed by atoms with van der Waals surface area (Å²) in [6.45, 7) is 7.49. The largest absolute Gasteiger partial charge is 0.324 e. The molecule has 21 heavy (non-hydrogen) atoms. The first kappa shape index (κ1) is 13.8. The van der Waals surface area contributed by atoms with Crippen molar-refractivity contribution in [2.24, 2.45) is 22.5 Å². The highest BCUT2D eigenvalue weighted by atomic mass is 15.0. The predicted molar refractivity (Wildman–Crippen MR) is 86.9 cm³/mol. The zero-order valence-electron chi connectivity index (χ0n) is 13.5. The topological polar surface area (TPSA) is 38.0 Å². The first-order valence-electron chi connectivity index (χ1n) is 8.54. The molecule has 0 spiro atoms. The van der Waals surface area contributed by atoms with E-state index in [0.717, 1.165) is 12.3 Å². The van der Waals surface area contributed by atoms with E-state index in [0.29, 0.717) is 22.9 Å². The summed E-state index contributed by atoms with van der Waals surface area (Å²) in [4.78, 5) is 0. The Hall–Kier alpha value is -0.860. The van der Waals surface area contributed by atoms with Crippen molar-refractivity contribution in [3.63, 3.8) is 0 Å². The van der Waals surface area contributed by atoms with Crippen LogP contribution in [0.2, 0.25) is 0 Å². The minimum atomic E-state index is 0.207. The maximum Gasteiger partial charge on any atom is 0.0344 e. The van der Waals surface area contributed by atoms with Crippen LogP contribution in [0.1, 0.15) is 69.7 Å². The van der Waals surface area contributed by atoms with Gasteiger partial charge in [0.05, 0.1) is 0 Å². The number of hydrogen-bond acceptors (Lipinski definition) is 2. The van der Waals surface area contributed by atoms with Gasteiger partial charge in [0.1, 0.15) is 0 Å². The van der Waals surface area contributed by atoms with Crippen LogP contribution in [0, 0.1) is 16.7 Å². The molecule has 0 radical (unpaired) electrons. The maximum atomic E-state index is 6.33. The fraction of sp³-hybridized carbons (Fsp3) is 0.684. The van der Waals surface area contributed by atoms with E-state index < -0.39 is 0 Å². The van der Waals surface area contributed by atoms with E-state index in [1.165, 1.54) is 30.4 Å². The molecule has 2 heteroatoms. The van der Waals surface area contributed by atoms with Gasteiger partial charge in [-0.1, -0.05) is 45.0 Å². The molecule has 1 aromatic rings. The molecular formula is C19H28N2. The molecule has 0 heterocycles. The lowest BCUT2D eigenvalue weighted by atomic mass is 9.69. The van der Waals surface area contributed by atoms with Crippen molar-refractivity contribution < 1.29 is 0 Å². The zero-order chi connectivity index (χ0) is 14.8. The number of fused-ring (bicyclic) bond motifs is 3. The van der Waals surface area contributed by atoms with Gasteiger partial charge in [0, 0.05) is 18.1 Å². The highest BCUT2D eigenvalue weighted by Gasteiger charge is 2.61. The summed E-state index contributed by atoms with van der Waals surface area (Å²) >= 11 is 0. The lowest BCUT2D eigenvalue weighted by molar-refractivity contribution is 0.115. The van der Waals surface area contributed by atoms with Crippen molar-refractivity contribution in [3.8, 4) is 0 Å². The third kappa shape index (κ3) is 1.72. The van der Waals surface area contributed by atoms with E-state index >= 15 is 0 Å². The summed E-state index contributed by atoms with van der Waals surface area (Å²) in [5.41, 5.74) is 10.0. The van der Waals surface area contributed by atoms with E-state index in [9.17, 15) is 0 Å². The first-order chi connectivity index (χ1) is 9.93. The van der Waals surface area contributed by atoms with Crippen molar-refractivity contribution in [3.05, 3.63) is 35.4 Å². The van der Waals surface area contributed by atoms with Crippen LogP contribution in [0.3, 0.4) is 0 Å². The second-order valence-corrected chi connectivity index (χ2v) is 8.35. The molecule has 2 nitrogen and oxygen atoms in total. The van der Waals surface area contributed by atoms with E-state index in [-0.39, 0.29) is 6.04 Å². The van der Waals surface area contributed by atoms with Crippen molar-refractivity contribution in [2.45, 2.75) is 64.6 Å². The molecule has 2 fully saturated rings. The Morgan fingerprint density at radius 1 is 1.10 bits per heavy atom. The van der Waals surface area contributed by atoms with Crippen LogP contribution in [0.4, 0.5) is 0 Å². The molecule has 3 N–H and O–H groups in total. The average molecular weight is 284 g/mol. The van der Waals surface area contributed by atoms with Crippen LogP contribution in [-0.4, -0.2) is 6.04 Å². The highest BCUT2D eigenvalue weighted by molar-refractivity contribution is 5.37. The van der Waals surface area contributed by atoms with Gasteiger partial charge in [0.15, 0.2) is 0 Å². The molecule has 3 aliphatic rings. The lowest BCUT2D eigenvalue weighted by Crippen LogP contribution is -2.45.